The lowest BCUT2D eigenvalue weighted by molar-refractivity contribution is 0.792. The summed E-state index contributed by atoms with van der Waals surface area (Å²) in [6.45, 7) is 4.40. The van der Waals surface area contributed by atoms with Gasteiger partial charge in [-0.25, -0.2) is 0 Å². The fourth-order valence-corrected chi connectivity index (χ4v) is 1.87. The number of unbranched alkanes of at least 4 members (excludes halogenated alkanes) is 1. The molecule has 1 heteroatoms. The van der Waals surface area contributed by atoms with E-state index in [0.29, 0.717) is 0 Å². The van der Waals surface area contributed by atoms with Crippen LogP contribution in [0, 0.1) is 10.5 Å². The Hall–Kier alpha value is -0.0500. The minimum atomic E-state index is 1.23. The molecule has 0 fully saturated rings. The molecule has 12 heavy (non-hydrogen) atoms. The van der Waals surface area contributed by atoms with Crippen molar-refractivity contribution in [3.63, 3.8) is 0 Å². The Balaban J connectivity index is 2.75. The summed E-state index contributed by atoms with van der Waals surface area (Å²) in [5.74, 6) is 0. The Morgan fingerprint density at radius 2 is 2.08 bits per heavy atom. The first-order valence-corrected chi connectivity index (χ1v) is 5.57. The molecule has 0 unspecified atom stereocenters. The molecule has 1 aromatic carbocycles. The predicted molar refractivity (Wildman–Crippen MR) is 62.5 cm³/mol. The summed E-state index contributed by atoms with van der Waals surface area (Å²) >= 11 is 2.42. The Kier molecular flexibility index (Phi) is 4.06. The zero-order valence-electron chi connectivity index (χ0n) is 7.73. The first-order valence-electron chi connectivity index (χ1n) is 4.49. The molecule has 0 amide bonds. The summed E-state index contributed by atoms with van der Waals surface area (Å²) in [5, 5.41) is 0. The van der Waals surface area contributed by atoms with Gasteiger partial charge in [0, 0.05) is 3.57 Å². The van der Waals surface area contributed by atoms with Gasteiger partial charge in [0.1, 0.15) is 0 Å². The second-order valence-electron chi connectivity index (χ2n) is 3.20. The second kappa shape index (κ2) is 4.85. The van der Waals surface area contributed by atoms with E-state index < -0.39 is 0 Å². The van der Waals surface area contributed by atoms with E-state index in [1.807, 2.05) is 0 Å². The van der Waals surface area contributed by atoms with Crippen molar-refractivity contribution in [2.24, 2.45) is 0 Å². The molecule has 0 aliphatic heterocycles. The Labute approximate surface area is 88.5 Å². The highest BCUT2D eigenvalue weighted by Crippen LogP contribution is 2.16. The smallest absolute Gasteiger partial charge is 0.0162 e. The largest absolute Gasteiger partial charge is 0.0654 e. The molecular weight excluding hydrogens is 259 g/mol. The summed E-state index contributed by atoms with van der Waals surface area (Å²) in [7, 11) is 0. The highest BCUT2D eigenvalue weighted by molar-refractivity contribution is 14.1. The van der Waals surface area contributed by atoms with Crippen LogP contribution in [0.3, 0.4) is 0 Å². The van der Waals surface area contributed by atoms with Gasteiger partial charge in [-0.2, -0.15) is 0 Å². The first kappa shape index (κ1) is 10.0. The molecular formula is C11H15I. The van der Waals surface area contributed by atoms with Crippen LogP contribution in [0.4, 0.5) is 0 Å². The lowest BCUT2D eigenvalue weighted by Crippen LogP contribution is -1.89. The van der Waals surface area contributed by atoms with Crippen molar-refractivity contribution < 1.29 is 0 Å². The van der Waals surface area contributed by atoms with Crippen LogP contribution in [0.15, 0.2) is 18.2 Å². The minimum absolute atomic E-state index is 1.23. The van der Waals surface area contributed by atoms with Crippen LogP contribution in [0.1, 0.15) is 30.9 Å². The Bertz CT molecular complexity index is 253. The van der Waals surface area contributed by atoms with Gasteiger partial charge < -0.3 is 0 Å². The molecule has 0 aliphatic rings. The summed E-state index contributed by atoms with van der Waals surface area (Å²) in [6.07, 6.45) is 3.82. The molecule has 0 saturated carbocycles. The molecule has 0 radical (unpaired) electrons. The number of halogens is 1. The lowest BCUT2D eigenvalue weighted by Gasteiger charge is -2.04. The number of hydrogen-bond donors (Lipinski definition) is 0. The van der Waals surface area contributed by atoms with E-state index in [-0.39, 0.29) is 0 Å². The standard InChI is InChI=1S/C11H15I/c1-3-4-5-10-8-9(2)6-7-11(10)12/h6-8H,3-5H2,1-2H3. The maximum Gasteiger partial charge on any atom is 0.0162 e. The molecule has 0 atom stereocenters. The number of hydrogen-bond acceptors (Lipinski definition) is 0. The van der Waals surface area contributed by atoms with Crippen molar-refractivity contribution in [1.82, 2.24) is 0 Å². The summed E-state index contributed by atoms with van der Waals surface area (Å²) in [6, 6.07) is 6.69. The SMILES string of the molecule is CCCCc1cc(C)ccc1I. The highest BCUT2D eigenvalue weighted by Gasteiger charge is 1.98. The van der Waals surface area contributed by atoms with E-state index in [1.165, 1.54) is 34.0 Å². The van der Waals surface area contributed by atoms with Crippen LogP contribution < -0.4 is 0 Å². The normalized spacial score (nSPS) is 10.2. The molecule has 66 valence electrons. The van der Waals surface area contributed by atoms with Crippen LogP contribution >= 0.6 is 22.6 Å². The van der Waals surface area contributed by atoms with Gasteiger partial charge in [-0.15, -0.1) is 0 Å². The molecule has 1 rings (SSSR count). The van der Waals surface area contributed by atoms with Crippen molar-refractivity contribution in [3.05, 3.63) is 32.9 Å². The topological polar surface area (TPSA) is 0 Å². The van der Waals surface area contributed by atoms with E-state index in [2.05, 4.69) is 54.6 Å². The van der Waals surface area contributed by atoms with Gasteiger partial charge in [-0.1, -0.05) is 31.0 Å². The molecule has 0 bridgehead atoms. The van der Waals surface area contributed by atoms with Gasteiger partial charge >= 0.3 is 0 Å². The summed E-state index contributed by atoms with van der Waals surface area (Å²) in [5.41, 5.74) is 2.89. The number of aryl methyl sites for hydroxylation is 2. The molecule has 0 heterocycles. The van der Waals surface area contributed by atoms with Gasteiger partial charge in [0.25, 0.3) is 0 Å². The van der Waals surface area contributed by atoms with E-state index in [0.717, 1.165) is 0 Å². The quantitative estimate of drug-likeness (QED) is 0.732. The van der Waals surface area contributed by atoms with Crippen LogP contribution in [-0.4, -0.2) is 0 Å². The zero-order chi connectivity index (χ0) is 8.97. The number of benzene rings is 1. The van der Waals surface area contributed by atoms with Crippen LogP contribution in [0.2, 0.25) is 0 Å². The van der Waals surface area contributed by atoms with Crippen molar-refractivity contribution in [2.75, 3.05) is 0 Å². The van der Waals surface area contributed by atoms with Gasteiger partial charge in [0.15, 0.2) is 0 Å². The van der Waals surface area contributed by atoms with Crippen molar-refractivity contribution >= 4 is 22.6 Å². The second-order valence-corrected chi connectivity index (χ2v) is 4.36. The van der Waals surface area contributed by atoms with E-state index >= 15 is 0 Å². The molecule has 0 nitrogen and oxygen atoms in total. The molecule has 1 aromatic rings. The van der Waals surface area contributed by atoms with Gasteiger partial charge in [-0.05, 0) is 54.0 Å². The first-order chi connectivity index (χ1) is 5.74. The highest BCUT2D eigenvalue weighted by atomic mass is 127. The van der Waals surface area contributed by atoms with Crippen molar-refractivity contribution in [2.45, 2.75) is 33.1 Å². The third-order valence-electron chi connectivity index (χ3n) is 2.00. The van der Waals surface area contributed by atoms with E-state index in [4.69, 9.17) is 0 Å². The Morgan fingerprint density at radius 1 is 1.33 bits per heavy atom. The minimum Gasteiger partial charge on any atom is -0.0654 e. The molecule has 0 aromatic heterocycles. The lowest BCUT2D eigenvalue weighted by atomic mass is 10.1. The van der Waals surface area contributed by atoms with Crippen LogP contribution in [0.25, 0.3) is 0 Å². The predicted octanol–water partition coefficient (Wildman–Crippen LogP) is 3.94. The molecule has 0 N–H and O–H groups in total. The zero-order valence-corrected chi connectivity index (χ0v) is 9.89. The molecule has 0 saturated heterocycles. The average molecular weight is 274 g/mol. The van der Waals surface area contributed by atoms with Gasteiger partial charge in [0.2, 0.25) is 0 Å². The Morgan fingerprint density at radius 3 is 2.75 bits per heavy atom. The third kappa shape index (κ3) is 2.77. The maximum absolute atomic E-state index is 2.42. The number of rotatable bonds is 3. The van der Waals surface area contributed by atoms with Gasteiger partial charge in [-0.3, -0.25) is 0 Å². The average Bonchev–Trinajstić information content (AvgIpc) is 2.07. The molecule has 0 spiro atoms. The van der Waals surface area contributed by atoms with Gasteiger partial charge in [0.05, 0.1) is 0 Å². The third-order valence-corrected chi connectivity index (χ3v) is 3.05. The monoisotopic (exact) mass is 274 g/mol. The van der Waals surface area contributed by atoms with Crippen LogP contribution in [-0.2, 0) is 6.42 Å². The van der Waals surface area contributed by atoms with E-state index in [9.17, 15) is 0 Å². The molecule has 0 aliphatic carbocycles. The van der Waals surface area contributed by atoms with Crippen LogP contribution in [0.5, 0.6) is 0 Å². The van der Waals surface area contributed by atoms with Crippen molar-refractivity contribution in [3.8, 4) is 0 Å². The summed E-state index contributed by atoms with van der Waals surface area (Å²) in [4.78, 5) is 0. The fraction of sp³-hybridized carbons (Fsp3) is 0.455. The maximum atomic E-state index is 2.42. The van der Waals surface area contributed by atoms with E-state index in [1.54, 1.807) is 0 Å². The fourth-order valence-electron chi connectivity index (χ4n) is 1.26. The van der Waals surface area contributed by atoms with Crippen molar-refractivity contribution in [1.29, 1.82) is 0 Å². The summed E-state index contributed by atoms with van der Waals surface area (Å²) < 4.78 is 1.41.